The maximum Gasteiger partial charge on any atom is 0.596 e. The third-order valence-electron chi connectivity index (χ3n) is 2.68. The number of hydrogen-bond donors (Lipinski definition) is 2. The van der Waals surface area contributed by atoms with Crippen LogP contribution in [0.4, 0.5) is 0 Å². The molecule has 0 fully saturated rings. The second-order valence-electron chi connectivity index (χ2n) is 4.20. The summed E-state index contributed by atoms with van der Waals surface area (Å²) >= 11 is 0. The van der Waals surface area contributed by atoms with Gasteiger partial charge in [0, 0.05) is 0 Å². The van der Waals surface area contributed by atoms with E-state index in [1.807, 2.05) is 18.2 Å². The first-order valence-electron chi connectivity index (χ1n) is 5.81. The van der Waals surface area contributed by atoms with Crippen LogP contribution >= 0.6 is 15.6 Å². The van der Waals surface area contributed by atoms with Crippen LogP contribution in [-0.2, 0) is 13.4 Å². The Morgan fingerprint density at radius 2 is 1.52 bits per heavy atom. The quantitative estimate of drug-likeness (QED) is 0.833. The topological polar surface area (TPSA) is 102 Å². The van der Waals surface area contributed by atoms with E-state index in [9.17, 15) is 9.13 Å². The average molecular weight is 328 g/mol. The third-order valence-corrected chi connectivity index (χ3v) is 5.17. The Bertz CT molecular complexity index is 740. The summed E-state index contributed by atoms with van der Waals surface area (Å²) in [4.78, 5) is 17.6. The number of fused-ring (bicyclic) bond motifs is 2. The molecule has 0 aromatic heterocycles. The minimum atomic E-state index is -5.02. The first kappa shape index (κ1) is 14.3. The lowest BCUT2D eigenvalue weighted by Crippen LogP contribution is -2.10. The number of phosphoric acid groups is 2. The predicted molar refractivity (Wildman–Crippen MR) is 73.9 cm³/mol. The van der Waals surface area contributed by atoms with Crippen LogP contribution in [0.15, 0.2) is 48.5 Å². The van der Waals surface area contributed by atoms with Gasteiger partial charge in [0.1, 0.15) is 11.5 Å². The molecule has 0 saturated carbocycles. The van der Waals surface area contributed by atoms with Crippen molar-refractivity contribution in [1.82, 2.24) is 0 Å². The van der Waals surface area contributed by atoms with Crippen molar-refractivity contribution in [2.75, 3.05) is 0 Å². The number of rotatable bonds is 3. The van der Waals surface area contributed by atoms with Crippen LogP contribution in [0.5, 0.6) is 11.5 Å². The molecule has 0 spiro atoms. The van der Waals surface area contributed by atoms with Crippen LogP contribution in [0, 0.1) is 0 Å². The molecule has 1 aliphatic rings. The molecular weight excluding hydrogens is 318 g/mol. The molecule has 21 heavy (non-hydrogen) atoms. The standard InChI is InChI=1S/C12H10O7P2/c13-20(14,15)19-21(16)17-10-7-4-8-11(18-21)12(10)9-5-2-1-3-6-9/h1-8H,(H2,13,14,15). The summed E-state index contributed by atoms with van der Waals surface area (Å²) in [5, 5.41) is 0. The lowest BCUT2D eigenvalue weighted by atomic mass is 10.0. The largest absolute Gasteiger partial charge is 0.596 e. The molecule has 9 heteroatoms. The fraction of sp³-hybridized carbons (Fsp3) is 0. The van der Waals surface area contributed by atoms with E-state index in [4.69, 9.17) is 18.8 Å². The molecule has 2 aromatic carbocycles. The second kappa shape index (κ2) is 4.98. The monoisotopic (exact) mass is 328 g/mol. The fourth-order valence-electron chi connectivity index (χ4n) is 1.98. The fourth-order valence-corrected chi connectivity index (χ4v) is 4.11. The first-order valence-corrected chi connectivity index (χ1v) is 8.80. The molecule has 0 saturated heterocycles. The maximum atomic E-state index is 12.2. The van der Waals surface area contributed by atoms with Gasteiger partial charge in [0.25, 0.3) is 0 Å². The Morgan fingerprint density at radius 1 is 0.952 bits per heavy atom. The van der Waals surface area contributed by atoms with Gasteiger partial charge >= 0.3 is 15.6 Å². The summed E-state index contributed by atoms with van der Waals surface area (Å²) in [5.74, 6) is 0.337. The predicted octanol–water partition coefficient (Wildman–Crippen LogP) is 3.34. The van der Waals surface area contributed by atoms with Gasteiger partial charge in [-0.15, -0.1) is 0 Å². The van der Waals surface area contributed by atoms with E-state index in [1.165, 1.54) is 12.1 Å². The van der Waals surface area contributed by atoms with Crippen LogP contribution < -0.4 is 9.05 Å². The molecule has 0 radical (unpaired) electrons. The molecule has 0 amide bonds. The second-order valence-corrected chi connectivity index (χ2v) is 7.09. The van der Waals surface area contributed by atoms with Crippen molar-refractivity contribution in [3.8, 4) is 22.6 Å². The van der Waals surface area contributed by atoms with E-state index in [0.717, 1.165) is 5.56 Å². The van der Waals surface area contributed by atoms with Gasteiger partial charge in [-0.2, -0.15) is 4.31 Å². The van der Waals surface area contributed by atoms with E-state index in [2.05, 4.69) is 4.31 Å². The molecule has 2 N–H and O–H groups in total. The zero-order chi connectivity index (χ0) is 15.1. The van der Waals surface area contributed by atoms with E-state index >= 15 is 0 Å². The van der Waals surface area contributed by atoms with Crippen molar-refractivity contribution < 1.29 is 32.3 Å². The molecule has 0 atom stereocenters. The van der Waals surface area contributed by atoms with Crippen LogP contribution in [0.2, 0.25) is 0 Å². The Balaban J connectivity index is 2.04. The van der Waals surface area contributed by atoms with Crippen molar-refractivity contribution >= 4 is 15.6 Å². The Morgan fingerprint density at radius 3 is 2.05 bits per heavy atom. The molecular formula is C12H10O7P2. The Kier molecular flexibility index (Phi) is 3.40. The van der Waals surface area contributed by atoms with E-state index < -0.39 is 15.6 Å². The number of phosphoric ester groups is 1. The SMILES string of the molecule is O=P(O)(O)OP1(=O)Oc2cccc(c2-c2ccccc2)O1. The summed E-state index contributed by atoms with van der Waals surface area (Å²) in [6.45, 7) is 0. The van der Waals surface area contributed by atoms with Gasteiger partial charge in [0.05, 0.1) is 5.56 Å². The van der Waals surface area contributed by atoms with Crippen LogP contribution in [0.25, 0.3) is 11.1 Å². The molecule has 0 aliphatic carbocycles. The van der Waals surface area contributed by atoms with Crippen molar-refractivity contribution in [2.45, 2.75) is 0 Å². The Hall–Kier alpha value is -1.62. The van der Waals surface area contributed by atoms with E-state index in [-0.39, 0.29) is 11.5 Å². The van der Waals surface area contributed by atoms with Gasteiger partial charge in [0.2, 0.25) is 0 Å². The summed E-state index contributed by atoms with van der Waals surface area (Å²) in [6, 6.07) is 13.7. The molecule has 0 unspecified atom stereocenters. The highest BCUT2D eigenvalue weighted by Gasteiger charge is 2.43. The van der Waals surface area contributed by atoms with Gasteiger partial charge in [-0.1, -0.05) is 36.4 Å². The molecule has 1 aliphatic heterocycles. The van der Waals surface area contributed by atoms with E-state index in [0.29, 0.717) is 5.56 Å². The molecule has 2 bridgehead atoms. The normalized spacial score (nSPS) is 15.9. The molecule has 3 rings (SSSR count). The zero-order valence-electron chi connectivity index (χ0n) is 10.4. The first-order chi connectivity index (χ1) is 9.86. The lowest BCUT2D eigenvalue weighted by Gasteiger charge is -2.26. The van der Waals surface area contributed by atoms with Crippen LogP contribution in [0.3, 0.4) is 0 Å². The van der Waals surface area contributed by atoms with Crippen molar-refractivity contribution in [1.29, 1.82) is 0 Å². The van der Waals surface area contributed by atoms with Gasteiger partial charge in [-0.3, -0.25) is 0 Å². The van der Waals surface area contributed by atoms with Crippen molar-refractivity contribution in [3.05, 3.63) is 48.5 Å². The summed E-state index contributed by atoms with van der Waals surface area (Å²) in [5.41, 5.74) is 1.30. The summed E-state index contributed by atoms with van der Waals surface area (Å²) in [7, 11) is -9.43. The minimum Gasteiger partial charge on any atom is -0.394 e. The van der Waals surface area contributed by atoms with Gasteiger partial charge in [-0.05, 0) is 17.7 Å². The number of benzene rings is 2. The lowest BCUT2D eigenvalue weighted by molar-refractivity contribution is 0.230. The van der Waals surface area contributed by atoms with Crippen LogP contribution in [-0.4, -0.2) is 9.79 Å². The van der Waals surface area contributed by atoms with Crippen LogP contribution in [0.1, 0.15) is 0 Å². The summed E-state index contributed by atoms with van der Waals surface area (Å²) < 4.78 is 37.3. The number of hydrogen-bond acceptors (Lipinski definition) is 5. The molecule has 2 aromatic rings. The highest BCUT2D eigenvalue weighted by atomic mass is 31.3. The molecule has 110 valence electrons. The van der Waals surface area contributed by atoms with Crippen molar-refractivity contribution in [3.63, 3.8) is 0 Å². The highest BCUT2D eigenvalue weighted by Crippen LogP contribution is 2.65. The van der Waals surface area contributed by atoms with Gasteiger partial charge in [0.15, 0.2) is 0 Å². The highest BCUT2D eigenvalue weighted by molar-refractivity contribution is 7.61. The summed E-state index contributed by atoms with van der Waals surface area (Å²) in [6.07, 6.45) is 0. The van der Waals surface area contributed by atoms with E-state index in [1.54, 1.807) is 18.2 Å². The Labute approximate surface area is 120 Å². The average Bonchev–Trinajstić information content (AvgIpc) is 2.36. The molecule has 1 heterocycles. The smallest absolute Gasteiger partial charge is 0.394 e. The third kappa shape index (κ3) is 3.02. The van der Waals surface area contributed by atoms with Gasteiger partial charge < -0.3 is 18.8 Å². The van der Waals surface area contributed by atoms with Crippen molar-refractivity contribution in [2.24, 2.45) is 0 Å². The maximum absolute atomic E-state index is 12.2. The molecule has 7 nitrogen and oxygen atoms in total. The van der Waals surface area contributed by atoms with Gasteiger partial charge in [-0.25, -0.2) is 9.13 Å². The zero-order valence-corrected chi connectivity index (χ0v) is 12.2. The minimum absolute atomic E-state index is 0.168.